The monoisotopic (exact) mass is 279 g/mol. The number of guanidine groups is 1. The number of thioether (sulfide) groups is 1. The summed E-state index contributed by atoms with van der Waals surface area (Å²) in [6.07, 6.45) is 1.10. The third-order valence-corrected chi connectivity index (χ3v) is 3.92. The molecule has 1 rings (SSSR count). The standard InChI is InChI=1S/C15H25N3S/c1-5-13(3)18-15(16-4)17-10-11-19-14-8-6-12(2)7-9-14/h6-9,13H,5,10-11H2,1-4H3,(H2,16,17,18). The zero-order valence-corrected chi connectivity index (χ0v) is 13.2. The predicted octanol–water partition coefficient (Wildman–Crippen LogP) is 3.05. The van der Waals surface area contributed by atoms with E-state index in [-0.39, 0.29) is 0 Å². The van der Waals surface area contributed by atoms with Crippen LogP contribution in [0.1, 0.15) is 25.8 Å². The maximum absolute atomic E-state index is 4.22. The molecule has 1 unspecified atom stereocenters. The molecule has 0 heterocycles. The third-order valence-electron chi connectivity index (χ3n) is 2.90. The summed E-state index contributed by atoms with van der Waals surface area (Å²) in [7, 11) is 1.81. The van der Waals surface area contributed by atoms with E-state index in [0.29, 0.717) is 6.04 Å². The van der Waals surface area contributed by atoms with Crippen LogP contribution in [0.15, 0.2) is 34.2 Å². The highest BCUT2D eigenvalue weighted by atomic mass is 32.2. The lowest BCUT2D eigenvalue weighted by molar-refractivity contribution is 0.627. The summed E-state index contributed by atoms with van der Waals surface area (Å²) in [6, 6.07) is 9.10. The van der Waals surface area contributed by atoms with Gasteiger partial charge in [-0.05, 0) is 32.4 Å². The second-order valence-corrected chi connectivity index (χ2v) is 5.78. The Kier molecular flexibility index (Phi) is 7.41. The zero-order valence-electron chi connectivity index (χ0n) is 12.4. The molecule has 0 radical (unpaired) electrons. The molecule has 1 aromatic rings. The number of benzene rings is 1. The average Bonchev–Trinajstić information content (AvgIpc) is 2.43. The number of hydrogen-bond donors (Lipinski definition) is 2. The molecule has 0 aromatic heterocycles. The SMILES string of the molecule is CCC(C)NC(=NC)NCCSc1ccc(C)cc1. The molecule has 1 aromatic carbocycles. The molecule has 3 nitrogen and oxygen atoms in total. The molecular weight excluding hydrogens is 254 g/mol. The summed E-state index contributed by atoms with van der Waals surface area (Å²) in [5.74, 6) is 1.92. The fraction of sp³-hybridized carbons (Fsp3) is 0.533. The lowest BCUT2D eigenvalue weighted by Crippen LogP contribution is -2.42. The summed E-state index contributed by atoms with van der Waals surface area (Å²) in [5.41, 5.74) is 1.31. The third kappa shape index (κ3) is 6.53. The van der Waals surface area contributed by atoms with Crippen molar-refractivity contribution in [3.05, 3.63) is 29.8 Å². The van der Waals surface area contributed by atoms with Crippen molar-refractivity contribution >= 4 is 17.7 Å². The first-order chi connectivity index (χ1) is 9.15. The molecule has 2 N–H and O–H groups in total. The topological polar surface area (TPSA) is 36.4 Å². The van der Waals surface area contributed by atoms with Crippen molar-refractivity contribution in [2.45, 2.75) is 38.1 Å². The smallest absolute Gasteiger partial charge is 0.191 e. The number of aryl methyl sites for hydroxylation is 1. The van der Waals surface area contributed by atoms with Crippen LogP contribution in [-0.2, 0) is 0 Å². The number of nitrogens with zero attached hydrogens (tertiary/aromatic N) is 1. The van der Waals surface area contributed by atoms with Gasteiger partial charge in [0.25, 0.3) is 0 Å². The minimum atomic E-state index is 0.455. The van der Waals surface area contributed by atoms with Crippen molar-refractivity contribution in [3.63, 3.8) is 0 Å². The summed E-state index contributed by atoms with van der Waals surface area (Å²) in [6.45, 7) is 7.35. The van der Waals surface area contributed by atoms with Crippen molar-refractivity contribution in [1.29, 1.82) is 0 Å². The van der Waals surface area contributed by atoms with Crippen molar-refractivity contribution in [1.82, 2.24) is 10.6 Å². The molecule has 0 spiro atoms. The van der Waals surface area contributed by atoms with Crippen molar-refractivity contribution in [2.24, 2.45) is 4.99 Å². The number of aliphatic imine (C=N–C) groups is 1. The minimum Gasteiger partial charge on any atom is -0.356 e. The first-order valence-corrected chi connectivity index (χ1v) is 7.81. The highest BCUT2D eigenvalue weighted by Crippen LogP contribution is 2.17. The largest absolute Gasteiger partial charge is 0.356 e. The number of hydrogen-bond acceptors (Lipinski definition) is 2. The van der Waals surface area contributed by atoms with Crippen molar-refractivity contribution in [2.75, 3.05) is 19.3 Å². The molecule has 0 amide bonds. The maximum atomic E-state index is 4.22. The van der Waals surface area contributed by atoms with Gasteiger partial charge < -0.3 is 10.6 Å². The van der Waals surface area contributed by atoms with E-state index in [1.807, 2.05) is 18.8 Å². The Morgan fingerprint density at radius 3 is 2.58 bits per heavy atom. The van der Waals surface area contributed by atoms with E-state index in [0.717, 1.165) is 24.7 Å². The molecule has 19 heavy (non-hydrogen) atoms. The van der Waals surface area contributed by atoms with Gasteiger partial charge in [-0.2, -0.15) is 0 Å². The van der Waals surface area contributed by atoms with Crippen LogP contribution in [0, 0.1) is 6.92 Å². The predicted molar refractivity (Wildman–Crippen MR) is 86.2 cm³/mol. The average molecular weight is 279 g/mol. The van der Waals surface area contributed by atoms with E-state index < -0.39 is 0 Å². The fourth-order valence-corrected chi connectivity index (χ4v) is 2.27. The molecule has 0 aliphatic carbocycles. The van der Waals surface area contributed by atoms with Crippen LogP contribution in [0.25, 0.3) is 0 Å². The lowest BCUT2D eigenvalue weighted by Gasteiger charge is -2.16. The van der Waals surface area contributed by atoms with E-state index in [4.69, 9.17) is 0 Å². The highest BCUT2D eigenvalue weighted by Gasteiger charge is 2.01. The molecule has 106 valence electrons. The van der Waals surface area contributed by atoms with Crippen LogP contribution in [-0.4, -0.2) is 31.3 Å². The van der Waals surface area contributed by atoms with Gasteiger partial charge in [0.2, 0.25) is 0 Å². The molecule has 0 saturated carbocycles. The Balaban J connectivity index is 2.24. The van der Waals surface area contributed by atoms with Gasteiger partial charge in [-0.3, -0.25) is 4.99 Å². The number of rotatable bonds is 6. The molecule has 0 aliphatic heterocycles. The van der Waals surface area contributed by atoms with Crippen molar-refractivity contribution in [3.8, 4) is 0 Å². The molecule has 0 aliphatic rings. The van der Waals surface area contributed by atoms with E-state index in [1.54, 1.807) is 0 Å². The quantitative estimate of drug-likeness (QED) is 0.364. The summed E-state index contributed by atoms with van der Waals surface area (Å²) in [5, 5.41) is 6.69. The van der Waals surface area contributed by atoms with E-state index in [2.05, 4.69) is 60.7 Å². The Morgan fingerprint density at radius 2 is 2.00 bits per heavy atom. The molecule has 4 heteroatoms. The molecule has 0 saturated heterocycles. The first-order valence-electron chi connectivity index (χ1n) is 6.82. The van der Waals surface area contributed by atoms with Crippen molar-refractivity contribution < 1.29 is 0 Å². The van der Waals surface area contributed by atoms with Crippen LogP contribution in [0.5, 0.6) is 0 Å². The Hall–Kier alpha value is -1.16. The molecule has 1 atom stereocenters. The first kappa shape index (κ1) is 15.9. The summed E-state index contributed by atoms with van der Waals surface area (Å²) in [4.78, 5) is 5.53. The van der Waals surface area contributed by atoms with Gasteiger partial charge in [0, 0.05) is 30.3 Å². The van der Waals surface area contributed by atoms with E-state index in [9.17, 15) is 0 Å². The minimum absolute atomic E-state index is 0.455. The second-order valence-electron chi connectivity index (χ2n) is 4.61. The molecule has 0 bridgehead atoms. The second kappa shape index (κ2) is 8.86. The highest BCUT2D eigenvalue weighted by molar-refractivity contribution is 7.99. The zero-order chi connectivity index (χ0) is 14.1. The van der Waals surface area contributed by atoms with Gasteiger partial charge in [-0.15, -0.1) is 11.8 Å². The van der Waals surface area contributed by atoms with Gasteiger partial charge >= 0.3 is 0 Å². The molecule has 0 fully saturated rings. The summed E-state index contributed by atoms with van der Waals surface area (Å²) < 4.78 is 0. The van der Waals surface area contributed by atoms with Gasteiger partial charge in [-0.1, -0.05) is 24.6 Å². The summed E-state index contributed by atoms with van der Waals surface area (Å²) >= 11 is 1.86. The Labute approximate surface area is 121 Å². The van der Waals surface area contributed by atoms with Gasteiger partial charge in [0.1, 0.15) is 0 Å². The van der Waals surface area contributed by atoms with E-state index in [1.165, 1.54) is 10.5 Å². The van der Waals surface area contributed by atoms with Crippen LogP contribution in [0.3, 0.4) is 0 Å². The maximum Gasteiger partial charge on any atom is 0.191 e. The fourth-order valence-electron chi connectivity index (χ4n) is 1.50. The van der Waals surface area contributed by atoms with Crippen LogP contribution >= 0.6 is 11.8 Å². The van der Waals surface area contributed by atoms with Gasteiger partial charge in [-0.25, -0.2) is 0 Å². The van der Waals surface area contributed by atoms with Gasteiger partial charge in [0.15, 0.2) is 5.96 Å². The lowest BCUT2D eigenvalue weighted by atomic mass is 10.2. The Bertz CT molecular complexity index is 387. The molecular formula is C15H25N3S. The Morgan fingerprint density at radius 1 is 1.32 bits per heavy atom. The van der Waals surface area contributed by atoms with Crippen LogP contribution in [0.4, 0.5) is 0 Å². The normalized spacial score (nSPS) is 13.2. The van der Waals surface area contributed by atoms with Crippen LogP contribution in [0.2, 0.25) is 0 Å². The van der Waals surface area contributed by atoms with Gasteiger partial charge in [0.05, 0.1) is 0 Å². The van der Waals surface area contributed by atoms with Crippen LogP contribution < -0.4 is 10.6 Å². The van der Waals surface area contributed by atoms with E-state index >= 15 is 0 Å². The number of nitrogens with one attached hydrogen (secondary N) is 2.